The minimum absolute atomic E-state index is 0.446. The lowest BCUT2D eigenvalue weighted by molar-refractivity contribution is 0.122. The Morgan fingerprint density at radius 2 is 2.03 bits per heavy atom. The third-order valence-corrected chi connectivity index (χ3v) is 6.78. The molecular weight excluding hydrogens is 390 g/mol. The molecule has 0 bridgehead atoms. The zero-order valence-electron chi connectivity index (χ0n) is 18.5. The summed E-state index contributed by atoms with van der Waals surface area (Å²) in [5.74, 6) is 2.91. The number of nitrogens with zero attached hydrogens (tertiary/aromatic N) is 5. The first kappa shape index (κ1) is 20.5. The molecule has 0 aliphatic carbocycles. The molecule has 1 aromatic heterocycles. The molecule has 1 unspecified atom stereocenters. The molecule has 1 aromatic carbocycles. The molecule has 2 aromatic rings. The van der Waals surface area contributed by atoms with E-state index in [1.807, 2.05) is 12.3 Å². The van der Waals surface area contributed by atoms with Gasteiger partial charge in [0.2, 0.25) is 5.95 Å². The van der Waals surface area contributed by atoms with Crippen LogP contribution in [0.15, 0.2) is 30.5 Å². The number of hydrogen-bond donors (Lipinski definition) is 0. The molecule has 4 heterocycles. The van der Waals surface area contributed by atoms with Gasteiger partial charge in [-0.25, -0.2) is 4.98 Å². The number of likely N-dealkylation sites (N-methyl/N-ethyl adjacent to an activating group) is 1. The first-order valence-corrected chi connectivity index (χ1v) is 11.6. The number of rotatable bonds is 6. The monoisotopic (exact) mass is 423 g/mol. The maximum atomic E-state index is 5.64. The Morgan fingerprint density at radius 3 is 2.94 bits per heavy atom. The van der Waals surface area contributed by atoms with Gasteiger partial charge in [0, 0.05) is 51.9 Å². The van der Waals surface area contributed by atoms with Crippen LogP contribution >= 0.6 is 0 Å². The standard InChI is InChI=1S/C24H33N5O2/c1-27(24-25-9-6-23(26-24)29-12-15-30-16-13-29)21-3-2-10-28(18-21)11-7-19-4-5-22-20(17-19)8-14-31-22/h4-6,9,17,21H,2-3,7-8,10-16,18H2,1H3. The van der Waals surface area contributed by atoms with Crippen LogP contribution in [-0.2, 0) is 17.6 Å². The Morgan fingerprint density at radius 1 is 1.13 bits per heavy atom. The fourth-order valence-electron chi connectivity index (χ4n) is 4.87. The van der Waals surface area contributed by atoms with Crippen molar-refractivity contribution in [2.45, 2.75) is 31.7 Å². The van der Waals surface area contributed by atoms with Crippen LogP contribution in [0, 0.1) is 0 Å². The third kappa shape index (κ3) is 4.77. The first-order valence-electron chi connectivity index (χ1n) is 11.6. The summed E-state index contributed by atoms with van der Waals surface area (Å²) in [4.78, 5) is 16.6. The molecule has 2 saturated heterocycles. The van der Waals surface area contributed by atoms with E-state index in [4.69, 9.17) is 14.5 Å². The van der Waals surface area contributed by atoms with Crippen molar-refractivity contribution in [3.63, 3.8) is 0 Å². The highest BCUT2D eigenvalue weighted by Gasteiger charge is 2.25. The zero-order chi connectivity index (χ0) is 21.0. The van der Waals surface area contributed by atoms with E-state index >= 15 is 0 Å². The molecule has 5 rings (SSSR count). The second kappa shape index (κ2) is 9.40. The summed E-state index contributed by atoms with van der Waals surface area (Å²) in [6, 6.07) is 9.16. The van der Waals surface area contributed by atoms with E-state index < -0.39 is 0 Å². The minimum atomic E-state index is 0.446. The van der Waals surface area contributed by atoms with Crippen molar-refractivity contribution >= 4 is 11.8 Å². The minimum Gasteiger partial charge on any atom is -0.493 e. The maximum Gasteiger partial charge on any atom is 0.227 e. The number of fused-ring (bicyclic) bond motifs is 1. The summed E-state index contributed by atoms with van der Waals surface area (Å²) in [7, 11) is 2.15. The molecule has 0 spiro atoms. The first-order chi connectivity index (χ1) is 15.3. The van der Waals surface area contributed by atoms with Gasteiger partial charge in [-0.05, 0) is 49.1 Å². The summed E-state index contributed by atoms with van der Waals surface area (Å²) in [6.07, 6.45) is 6.43. The van der Waals surface area contributed by atoms with Gasteiger partial charge in [-0.2, -0.15) is 4.98 Å². The second-order valence-corrected chi connectivity index (χ2v) is 8.81. The van der Waals surface area contributed by atoms with Gasteiger partial charge in [0.25, 0.3) is 0 Å². The van der Waals surface area contributed by atoms with E-state index in [-0.39, 0.29) is 0 Å². The number of benzene rings is 1. The topological polar surface area (TPSA) is 54.0 Å². The van der Waals surface area contributed by atoms with Crippen LogP contribution in [0.1, 0.15) is 24.0 Å². The SMILES string of the molecule is CN(c1nccc(N2CCOCC2)n1)C1CCCN(CCc2ccc3c(c2)CCO3)C1. The zero-order valence-corrected chi connectivity index (χ0v) is 18.5. The highest BCUT2D eigenvalue weighted by molar-refractivity contribution is 5.44. The van der Waals surface area contributed by atoms with E-state index in [1.54, 1.807) is 0 Å². The predicted molar refractivity (Wildman–Crippen MR) is 122 cm³/mol. The van der Waals surface area contributed by atoms with Crippen LogP contribution in [0.2, 0.25) is 0 Å². The molecule has 2 fully saturated rings. The van der Waals surface area contributed by atoms with E-state index in [1.165, 1.54) is 30.5 Å². The second-order valence-electron chi connectivity index (χ2n) is 8.81. The van der Waals surface area contributed by atoms with Crippen molar-refractivity contribution in [1.82, 2.24) is 14.9 Å². The Labute approximate surface area is 185 Å². The van der Waals surface area contributed by atoms with Gasteiger partial charge < -0.3 is 24.2 Å². The van der Waals surface area contributed by atoms with Gasteiger partial charge in [-0.3, -0.25) is 0 Å². The Balaban J connectivity index is 1.19. The fraction of sp³-hybridized carbons (Fsp3) is 0.583. The van der Waals surface area contributed by atoms with E-state index in [0.717, 1.165) is 76.4 Å². The van der Waals surface area contributed by atoms with Gasteiger partial charge in [0.05, 0.1) is 19.8 Å². The number of anilines is 2. The lowest BCUT2D eigenvalue weighted by Crippen LogP contribution is -2.47. The Bertz CT molecular complexity index is 886. The van der Waals surface area contributed by atoms with Crippen molar-refractivity contribution in [3.05, 3.63) is 41.6 Å². The molecule has 3 aliphatic heterocycles. The molecule has 3 aliphatic rings. The van der Waals surface area contributed by atoms with Crippen molar-refractivity contribution in [3.8, 4) is 5.75 Å². The lowest BCUT2D eigenvalue weighted by atomic mass is 10.0. The van der Waals surface area contributed by atoms with Gasteiger partial charge in [-0.1, -0.05) is 12.1 Å². The number of ether oxygens (including phenoxy) is 2. The van der Waals surface area contributed by atoms with Crippen LogP contribution in [0.3, 0.4) is 0 Å². The van der Waals surface area contributed by atoms with E-state index in [0.29, 0.717) is 6.04 Å². The number of hydrogen-bond acceptors (Lipinski definition) is 7. The van der Waals surface area contributed by atoms with Crippen LogP contribution in [0.5, 0.6) is 5.75 Å². The average molecular weight is 424 g/mol. The molecule has 7 heteroatoms. The maximum absolute atomic E-state index is 5.64. The van der Waals surface area contributed by atoms with Crippen molar-refractivity contribution in [2.75, 3.05) is 69.4 Å². The molecule has 166 valence electrons. The summed E-state index contributed by atoms with van der Waals surface area (Å²) < 4.78 is 11.1. The molecular formula is C24H33N5O2. The van der Waals surface area contributed by atoms with Crippen LogP contribution in [-0.4, -0.2) is 80.5 Å². The summed E-state index contributed by atoms with van der Waals surface area (Å²) in [5, 5.41) is 0. The number of likely N-dealkylation sites (tertiary alicyclic amines) is 1. The van der Waals surface area contributed by atoms with Gasteiger partial charge in [0.15, 0.2) is 0 Å². The fourth-order valence-corrected chi connectivity index (χ4v) is 4.87. The Kier molecular flexibility index (Phi) is 6.22. The largest absolute Gasteiger partial charge is 0.493 e. The number of piperidine rings is 1. The smallest absolute Gasteiger partial charge is 0.227 e. The summed E-state index contributed by atoms with van der Waals surface area (Å²) in [6.45, 7) is 7.49. The predicted octanol–water partition coefficient (Wildman–Crippen LogP) is 2.39. The molecule has 7 nitrogen and oxygen atoms in total. The third-order valence-electron chi connectivity index (χ3n) is 6.78. The molecule has 0 radical (unpaired) electrons. The van der Waals surface area contributed by atoms with Crippen molar-refractivity contribution in [1.29, 1.82) is 0 Å². The molecule has 1 atom stereocenters. The summed E-state index contributed by atoms with van der Waals surface area (Å²) >= 11 is 0. The highest BCUT2D eigenvalue weighted by atomic mass is 16.5. The van der Waals surface area contributed by atoms with Gasteiger partial charge in [0.1, 0.15) is 11.6 Å². The highest BCUT2D eigenvalue weighted by Crippen LogP contribution is 2.26. The molecule has 0 amide bonds. The average Bonchev–Trinajstić information content (AvgIpc) is 3.31. The molecule has 31 heavy (non-hydrogen) atoms. The van der Waals surface area contributed by atoms with Crippen LogP contribution in [0.4, 0.5) is 11.8 Å². The van der Waals surface area contributed by atoms with E-state index in [9.17, 15) is 0 Å². The molecule has 0 saturated carbocycles. The summed E-state index contributed by atoms with van der Waals surface area (Å²) in [5.41, 5.74) is 2.78. The van der Waals surface area contributed by atoms with Crippen molar-refractivity contribution in [2.24, 2.45) is 0 Å². The van der Waals surface area contributed by atoms with Crippen LogP contribution < -0.4 is 14.5 Å². The Hall–Kier alpha value is -2.38. The van der Waals surface area contributed by atoms with Gasteiger partial charge >= 0.3 is 0 Å². The van der Waals surface area contributed by atoms with Gasteiger partial charge in [-0.15, -0.1) is 0 Å². The number of morpholine rings is 1. The van der Waals surface area contributed by atoms with E-state index in [2.05, 4.69) is 44.9 Å². The molecule has 0 N–H and O–H groups in total. The quantitative estimate of drug-likeness (QED) is 0.707. The van der Waals surface area contributed by atoms with Crippen molar-refractivity contribution < 1.29 is 9.47 Å². The number of aromatic nitrogens is 2. The lowest BCUT2D eigenvalue weighted by Gasteiger charge is -2.38. The van der Waals surface area contributed by atoms with Crippen LogP contribution in [0.25, 0.3) is 0 Å². The normalized spacial score (nSPS) is 21.6.